The molecule has 0 saturated carbocycles. The SMILES string of the molecule is CCCCc1ccc(OC)c(-c2csc(NC(=O)c3ccc(C(=O)N4CCC(N5CCC(CC(=O)O)C5)CC4)cc3)n2)c1. The van der Waals surface area contributed by atoms with E-state index in [9.17, 15) is 14.4 Å². The summed E-state index contributed by atoms with van der Waals surface area (Å²) >= 11 is 1.36. The molecule has 3 aromatic rings. The van der Waals surface area contributed by atoms with E-state index < -0.39 is 5.97 Å². The third kappa shape index (κ3) is 7.61. The minimum absolute atomic E-state index is 0.0322. The van der Waals surface area contributed by atoms with Gasteiger partial charge in [0.25, 0.3) is 11.8 Å². The van der Waals surface area contributed by atoms with Crippen LogP contribution in [0.2, 0.25) is 0 Å². The predicted molar refractivity (Wildman–Crippen MR) is 168 cm³/mol. The number of methoxy groups -OCH3 is 1. The second-order valence-corrected chi connectivity index (χ2v) is 12.3. The highest BCUT2D eigenvalue weighted by Gasteiger charge is 2.32. The maximum absolute atomic E-state index is 13.2. The van der Waals surface area contributed by atoms with Gasteiger partial charge in [-0.05, 0) is 86.5 Å². The Morgan fingerprint density at radius 2 is 1.79 bits per heavy atom. The van der Waals surface area contributed by atoms with Crippen LogP contribution in [0, 0.1) is 5.92 Å². The average Bonchev–Trinajstić information content (AvgIpc) is 3.69. The maximum atomic E-state index is 13.2. The van der Waals surface area contributed by atoms with Crippen molar-refractivity contribution in [2.45, 2.75) is 57.9 Å². The van der Waals surface area contributed by atoms with Gasteiger partial charge in [-0.1, -0.05) is 19.4 Å². The summed E-state index contributed by atoms with van der Waals surface area (Å²) in [6, 6.07) is 13.3. The standard InChI is InChI=1S/C33H40N4O5S/c1-3-4-5-22-6-11-29(42-2)27(18-22)28-21-43-33(34-28)35-31(40)24-7-9-25(10-8-24)32(41)36-16-13-26(14-17-36)37-15-12-23(20-37)19-30(38)39/h6-11,18,21,23,26H,3-5,12-17,19-20H2,1-2H3,(H,38,39)(H,34,35,40). The van der Waals surface area contributed by atoms with E-state index in [0.29, 0.717) is 35.4 Å². The zero-order valence-corrected chi connectivity index (χ0v) is 25.7. The summed E-state index contributed by atoms with van der Waals surface area (Å²) < 4.78 is 5.56. The predicted octanol–water partition coefficient (Wildman–Crippen LogP) is 5.81. The minimum atomic E-state index is -0.728. The van der Waals surface area contributed by atoms with E-state index in [4.69, 9.17) is 9.84 Å². The van der Waals surface area contributed by atoms with Crippen LogP contribution in [-0.4, -0.2) is 77.0 Å². The second kappa shape index (κ2) is 14.1. The van der Waals surface area contributed by atoms with E-state index in [1.807, 2.05) is 16.3 Å². The number of hydrogen-bond donors (Lipinski definition) is 2. The lowest BCUT2D eigenvalue weighted by Crippen LogP contribution is -2.46. The van der Waals surface area contributed by atoms with Crippen LogP contribution in [0.1, 0.15) is 71.7 Å². The Labute approximate surface area is 256 Å². The van der Waals surface area contributed by atoms with Gasteiger partial charge in [-0.2, -0.15) is 0 Å². The fourth-order valence-electron chi connectivity index (χ4n) is 6.10. The summed E-state index contributed by atoms with van der Waals surface area (Å²) in [5.41, 5.74) is 3.90. The van der Waals surface area contributed by atoms with E-state index >= 15 is 0 Å². The van der Waals surface area contributed by atoms with Crippen molar-refractivity contribution < 1.29 is 24.2 Å². The van der Waals surface area contributed by atoms with Crippen LogP contribution >= 0.6 is 11.3 Å². The number of unbranched alkanes of at least 4 members (excludes halogenated alkanes) is 1. The Balaban J connectivity index is 1.15. The molecule has 1 atom stereocenters. The molecule has 1 unspecified atom stereocenters. The molecule has 0 bridgehead atoms. The number of aryl methyl sites for hydroxylation is 1. The highest BCUT2D eigenvalue weighted by molar-refractivity contribution is 7.14. The molecule has 2 aromatic carbocycles. The topological polar surface area (TPSA) is 112 Å². The summed E-state index contributed by atoms with van der Waals surface area (Å²) in [5.74, 6) is -0.0745. The Kier molecular flexibility index (Phi) is 10.1. The normalized spacial score (nSPS) is 17.6. The molecule has 9 nitrogen and oxygen atoms in total. The van der Waals surface area contributed by atoms with Crippen molar-refractivity contribution in [3.63, 3.8) is 0 Å². The monoisotopic (exact) mass is 604 g/mol. The van der Waals surface area contributed by atoms with Crippen molar-refractivity contribution >= 4 is 34.3 Å². The second-order valence-electron chi connectivity index (χ2n) is 11.5. The molecule has 5 rings (SSSR count). The molecule has 1 aromatic heterocycles. The number of ether oxygens (including phenoxy) is 1. The highest BCUT2D eigenvalue weighted by atomic mass is 32.1. The molecule has 3 heterocycles. The molecular formula is C33H40N4O5S. The number of anilines is 1. The number of hydrogen-bond acceptors (Lipinski definition) is 7. The molecule has 2 saturated heterocycles. The summed E-state index contributed by atoms with van der Waals surface area (Å²) in [6.45, 7) is 5.28. The van der Waals surface area contributed by atoms with Crippen molar-refractivity contribution in [2.75, 3.05) is 38.6 Å². The molecule has 2 amide bonds. The van der Waals surface area contributed by atoms with Gasteiger partial charge in [-0.25, -0.2) is 4.98 Å². The van der Waals surface area contributed by atoms with Crippen molar-refractivity contribution in [2.24, 2.45) is 5.92 Å². The minimum Gasteiger partial charge on any atom is -0.496 e. The number of carboxylic acid groups (broad SMARTS) is 1. The van der Waals surface area contributed by atoms with Gasteiger partial charge in [0.15, 0.2) is 5.13 Å². The van der Waals surface area contributed by atoms with Crippen molar-refractivity contribution in [1.82, 2.24) is 14.8 Å². The van der Waals surface area contributed by atoms with E-state index in [-0.39, 0.29) is 24.2 Å². The summed E-state index contributed by atoms with van der Waals surface area (Å²) in [5, 5.41) is 14.4. The van der Waals surface area contributed by atoms with Crippen molar-refractivity contribution in [3.8, 4) is 17.0 Å². The number of piperidine rings is 1. The van der Waals surface area contributed by atoms with Crippen molar-refractivity contribution in [3.05, 3.63) is 64.5 Å². The first kappa shape index (κ1) is 30.7. The fourth-order valence-corrected chi connectivity index (χ4v) is 6.81. The van der Waals surface area contributed by atoms with Gasteiger partial charge in [0.1, 0.15) is 5.75 Å². The number of benzene rings is 2. The van der Waals surface area contributed by atoms with Crippen LogP contribution in [0.25, 0.3) is 11.3 Å². The Bertz CT molecular complexity index is 1430. The van der Waals surface area contributed by atoms with Gasteiger partial charge in [0, 0.05) is 54.2 Å². The zero-order chi connectivity index (χ0) is 30.3. The van der Waals surface area contributed by atoms with Gasteiger partial charge >= 0.3 is 5.97 Å². The van der Waals surface area contributed by atoms with E-state index in [1.54, 1.807) is 31.4 Å². The highest BCUT2D eigenvalue weighted by Crippen LogP contribution is 2.34. The lowest BCUT2D eigenvalue weighted by atomic mass is 10.0. The number of nitrogens with zero attached hydrogens (tertiary/aromatic N) is 3. The van der Waals surface area contributed by atoms with Gasteiger partial charge in [-0.3, -0.25) is 24.6 Å². The average molecular weight is 605 g/mol. The number of aromatic nitrogens is 1. The van der Waals surface area contributed by atoms with Gasteiger partial charge in [0.2, 0.25) is 0 Å². The lowest BCUT2D eigenvalue weighted by molar-refractivity contribution is -0.138. The number of thiazole rings is 1. The number of likely N-dealkylation sites (tertiary alicyclic amines) is 2. The summed E-state index contributed by atoms with van der Waals surface area (Å²) in [4.78, 5) is 46.1. The van der Waals surface area contributed by atoms with Crippen LogP contribution in [0.15, 0.2) is 47.8 Å². The smallest absolute Gasteiger partial charge is 0.303 e. The number of nitrogens with one attached hydrogen (secondary N) is 1. The third-order valence-electron chi connectivity index (χ3n) is 8.53. The van der Waals surface area contributed by atoms with E-state index in [1.165, 1.54) is 16.9 Å². The van der Waals surface area contributed by atoms with Crippen LogP contribution < -0.4 is 10.1 Å². The first-order valence-electron chi connectivity index (χ1n) is 15.1. The molecule has 2 aliphatic rings. The van der Waals surface area contributed by atoms with Gasteiger partial charge in [-0.15, -0.1) is 11.3 Å². The number of amides is 2. The van der Waals surface area contributed by atoms with Gasteiger partial charge < -0.3 is 14.7 Å². The van der Waals surface area contributed by atoms with Crippen LogP contribution in [0.3, 0.4) is 0 Å². The Morgan fingerprint density at radius 3 is 2.49 bits per heavy atom. The number of carboxylic acids is 1. The van der Waals surface area contributed by atoms with Crippen LogP contribution in [0.5, 0.6) is 5.75 Å². The van der Waals surface area contributed by atoms with Gasteiger partial charge in [0.05, 0.1) is 12.8 Å². The number of rotatable bonds is 11. The molecule has 0 spiro atoms. The Hall–Kier alpha value is -3.76. The number of aliphatic carboxylic acids is 1. The molecule has 0 radical (unpaired) electrons. The zero-order valence-electron chi connectivity index (χ0n) is 24.9. The lowest BCUT2D eigenvalue weighted by Gasteiger charge is -2.37. The summed E-state index contributed by atoms with van der Waals surface area (Å²) in [7, 11) is 1.64. The number of carbonyl (C=O) groups is 3. The first-order valence-corrected chi connectivity index (χ1v) is 16.0. The maximum Gasteiger partial charge on any atom is 0.303 e. The number of carbonyl (C=O) groups excluding carboxylic acids is 2. The molecule has 10 heteroatoms. The Morgan fingerprint density at radius 1 is 1.05 bits per heavy atom. The molecule has 43 heavy (non-hydrogen) atoms. The fraction of sp³-hybridized carbons (Fsp3) is 0.455. The van der Waals surface area contributed by atoms with Crippen LogP contribution in [-0.2, 0) is 11.2 Å². The molecule has 2 N–H and O–H groups in total. The molecule has 2 aliphatic heterocycles. The van der Waals surface area contributed by atoms with Crippen molar-refractivity contribution in [1.29, 1.82) is 0 Å². The first-order chi connectivity index (χ1) is 20.8. The summed E-state index contributed by atoms with van der Waals surface area (Å²) in [6.07, 6.45) is 6.16. The molecule has 0 aliphatic carbocycles. The quantitative estimate of drug-likeness (QED) is 0.284. The molecule has 228 valence electrons. The van der Waals surface area contributed by atoms with E-state index in [0.717, 1.165) is 68.6 Å². The van der Waals surface area contributed by atoms with Crippen LogP contribution in [0.4, 0.5) is 5.13 Å². The largest absolute Gasteiger partial charge is 0.496 e. The molecular weight excluding hydrogens is 564 g/mol. The molecule has 2 fully saturated rings. The van der Waals surface area contributed by atoms with E-state index in [2.05, 4.69) is 34.3 Å². The third-order valence-corrected chi connectivity index (χ3v) is 9.28.